The first-order chi connectivity index (χ1) is 12.4. The molecule has 2 aromatic rings. The third kappa shape index (κ3) is 3.80. The van der Waals surface area contributed by atoms with Crippen molar-refractivity contribution in [2.75, 3.05) is 26.2 Å². The van der Waals surface area contributed by atoms with E-state index in [1.54, 1.807) is 10.4 Å². The Bertz CT molecular complexity index is 940. The minimum atomic E-state index is -3.45. The van der Waals surface area contributed by atoms with Crippen LogP contribution in [-0.4, -0.2) is 38.9 Å². The lowest BCUT2D eigenvalue weighted by atomic mass is 10.1. The largest absolute Gasteiger partial charge is 0.329 e. The number of piperazine rings is 1. The predicted molar refractivity (Wildman–Crippen MR) is 100 cm³/mol. The molecule has 0 saturated carbocycles. The minimum Gasteiger partial charge on any atom is -0.329 e. The number of aryl methyl sites for hydroxylation is 2. The first-order valence-corrected chi connectivity index (χ1v) is 10.2. The quantitative estimate of drug-likeness (QED) is 0.881. The maximum absolute atomic E-state index is 13.0. The number of nitrogens with zero attached hydrogens (tertiary/aromatic N) is 2. The van der Waals surface area contributed by atoms with Crippen LogP contribution in [0.2, 0.25) is 0 Å². The Morgan fingerprint density at radius 3 is 2.46 bits per heavy atom. The first kappa shape index (κ1) is 18.6. The van der Waals surface area contributed by atoms with Crippen molar-refractivity contribution in [2.24, 2.45) is 0 Å². The van der Waals surface area contributed by atoms with Crippen molar-refractivity contribution in [3.05, 3.63) is 64.7 Å². The molecule has 26 heavy (non-hydrogen) atoms. The molecular formula is C20H24N3O2S+. The molecule has 6 heteroatoms. The van der Waals surface area contributed by atoms with E-state index in [1.807, 2.05) is 50.2 Å². The van der Waals surface area contributed by atoms with E-state index in [1.165, 1.54) is 4.90 Å². The fourth-order valence-electron chi connectivity index (χ4n) is 3.50. The van der Waals surface area contributed by atoms with Gasteiger partial charge in [-0.2, -0.15) is 9.57 Å². The molecule has 1 aliphatic heterocycles. The number of hydrogen-bond donors (Lipinski definition) is 1. The molecule has 0 spiro atoms. The molecule has 0 aromatic heterocycles. The van der Waals surface area contributed by atoms with Gasteiger partial charge in [-0.15, -0.1) is 0 Å². The van der Waals surface area contributed by atoms with Crippen LogP contribution in [0.4, 0.5) is 0 Å². The highest BCUT2D eigenvalue weighted by atomic mass is 32.2. The van der Waals surface area contributed by atoms with E-state index in [-0.39, 0.29) is 0 Å². The van der Waals surface area contributed by atoms with Gasteiger partial charge >= 0.3 is 0 Å². The number of hydrogen-bond acceptors (Lipinski definition) is 3. The Kier molecular flexibility index (Phi) is 5.42. The summed E-state index contributed by atoms with van der Waals surface area (Å²) in [5.74, 6) is 0. The topological polar surface area (TPSA) is 65.6 Å². The summed E-state index contributed by atoms with van der Waals surface area (Å²) in [6.07, 6.45) is 0. The van der Waals surface area contributed by atoms with Crippen LogP contribution in [0, 0.1) is 25.2 Å². The molecule has 1 saturated heterocycles. The second-order valence-electron chi connectivity index (χ2n) is 6.87. The van der Waals surface area contributed by atoms with Gasteiger partial charge in [0.1, 0.15) is 6.54 Å². The third-order valence-corrected chi connectivity index (χ3v) is 7.01. The van der Waals surface area contributed by atoms with E-state index in [4.69, 9.17) is 0 Å². The Morgan fingerprint density at radius 1 is 1.12 bits per heavy atom. The molecule has 136 valence electrons. The number of rotatable bonds is 4. The monoisotopic (exact) mass is 370 g/mol. The Morgan fingerprint density at radius 2 is 1.81 bits per heavy atom. The van der Waals surface area contributed by atoms with Crippen molar-refractivity contribution in [2.45, 2.75) is 25.3 Å². The van der Waals surface area contributed by atoms with Gasteiger partial charge in [-0.1, -0.05) is 35.9 Å². The second-order valence-corrected chi connectivity index (χ2v) is 8.78. The molecule has 1 N–H and O–H groups in total. The van der Waals surface area contributed by atoms with Crippen LogP contribution in [-0.2, 0) is 16.6 Å². The van der Waals surface area contributed by atoms with Crippen LogP contribution in [0.25, 0.3) is 0 Å². The summed E-state index contributed by atoms with van der Waals surface area (Å²) in [6, 6.07) is 15.3. The summed E-state index contributed by atoms with van der Waals surface area (Å²) in [5, 5.41) is 9.22. The smallest absolute Gasteiger partial charge is 0.243 e. The second kappa shape index (κ2) is 7.58. The maximum Gasteiger partial charge on any atom is 0.243 e. The van der Waals surface area contributed by atoms with Gasteiger partial charge in [0.15, 0.2) is 0 Å². The first-order valence-electron chi connectivity index (χ1n) is 8.81. The number of sulfonamides is 1. The molecule has 1 fully saturated rings. The standard InChI is InChI=1S/C20H23N3O2S/c1-16-7-8-20(17(2)13-16)26(24,25)23-11-9-22(10-12-23)15-19-6-4-3-5-18(19)14-21/h3-8,13H,9-12,15H2,1-2H3/p+1. The van der Waals surface area contributed by atoms with Crippen molar-refractivity contribution in [1.29, 1.82) is 5.26 Å². The number of benzene rings is 2. The van der Waals surface area contributed by atoms with Crippen molar-refractivity contribution < 1.29 is 13.3 Å². The average molecular weight is 370 g/mol. The predicted octanol–water partition coefficient (Wildman–Crippen LogP) is 1.26. The third-order valence-electron chi connectivity index (χ3n) is 4.96. The molecular weight excluding hydrogens is 346 g/mol. The zero-order valence-electron chi connectivity index (χ0n) is 15.2. The van der Waals surface area contributed by atoms with Crippen LogP contribution < -0.4 is 4.90 Å². The summed E-state index contributed by atoms with van der Waals surface area (Å²) in [5.41, 5.74) is 3.58. The lowest BCUT2D eigenvalue weighted by molar-refractivity contribution is -0.917. The van der Waals surface area contributed by atoms with E-state index in [2.05, 4.69) is 6.07 Å². The molecule has 0 amide bonds. The zero-order valence-corrected chi connectivity index (χ0v) is 16.0. The summed E-state index contributed by atoms with van der Waals surface area (Å²) in [7, 11) is -3.45. The van der Waals surface area contributed by atoms with E-state index in [0.717, 1.165) is 36.3 Å². The van der Waals surface area contributed by atoms with E-state index < -0.39 is 10.0 Å². The molecule has 1 heterocycles. The minimum absolute atomic E-state index is 0.404. The molecule has 0 radical (unpaired) electrons. The number of nitrogens with one attached hydrogen (secondary N) is 1. The average Bonchev–Trinajstić information content (AvgIpc) is 2.62. The van der Waals surface area contributed by atoms with Crippen LogP contribution in [0.1, 0.15) is 22.3 Å². The molecule has 0 unspecified atom stereocenters. The fraction of sp³-hybridized carbons (Fsp3) is 0.350. The highest BCUT2D eigenvalue weighted by Crippen LogP contribution is 2.21. The highest BCUT2D eigenvalue weighted by Gasteiger charge is 2.31. The maximum atomic E-state index is 13.0. The SMILES string of the molecule is Cc1ccc(S(=O)(=O)N2CC[NH+](Cc3ccccc3C#N)CC2)c(C)c1. The molecule has 0 bridgehead atoms. The number of nitriles is 1. The summed E-state index contributed by atoms with van der Waals surface area (Å²) < 4.78 is 27.5. The Hall–Kier alpha value is -2.20. The van der Waals surface area contributed by atoms with E-state index in [0.29, 0.717) is 23.5 Å². The van der Waals surface area contributed by atoms with Crippen molar-refractivity contribution in [3.8, 4) is 6.07 Å². The number of quaternary nitrogens is 1. The van der Waals surface area contributed by atoms with Crippen LogP contribution in [0.5, 0.6) is 0 Å². The van der Waals surface area contributed by atoms with Gasteiger partial charge in [0, 0.05) is 5.56 Å². The lowest BCUT2D eigenvalue weighted by Gasteiger charge is -2.32. The van der Waals surface area contributed by atoms with Gasteiger partial charge in [-0.25, -0.2) is 8.42 Å². The Labute approximate surface area is 155 Å². The van der Waals surface area contributed by atoms with Crippen molar-refractivity contribution >= 4 is 10.0 Å². The van der Waals surface area contributed by atoms with Crippen molar-refractivity contribution in [3.63, 3.8) is 0 Å². The molecule has 0 aliphatic carbocycles. The summed E-state index contributed by atoms with van der Waals surface area (Å²) in [6.45, 7) is 7.04. The summed E-state index contributed by atoms with van der Waals surface area (Å²) >= 11 is 0. The fourth-order valence-corrected chi connectivity index (χ4v) is 5.15. The van der Waals surface area contributed by atoms with Crippen LogP contribution in [0.15, 0.2) is 47.4 Å². The van der Waals surface area contributed by atoms with Gasteiger partial charge in [-0.05, 0) is 31.5 Å². The van der Waals surface area contributed by atoms with Gasteiger partial charge in [0.05, 0.1) is 42.7 Å². The molecule has 2 aromatic carbocycles. The van der Waals surface area contributed by atoms with E-state index >= 15 is 0 Å². The molecule has 3 rings (SSSR count). The van der Waals surface area contributed by atoms with Gasteiger partial charge in [0.25, 0.3) is 0 Å². The van der Waals surface area contributed by atoms with Gasteiger partial charge in [0.2, 0.25) is 10.0 Å². The van der Waals surface area contributed by atoms with Crippen molar-refractivity contribution in [1.82, 2.24) is 4.31 Å². The van der Waals surface area contributed by atoms with Crippen LogP contribution >= 0.6 is 0 Å². The van der Waals surface area contributed by atoms with Crippen LogP contribution in [0.3, 0.4) is 0 Å². The van der Waals surface area contributed by atoms with Gasteiger partial charge in [-0.3, -0.25) is 0 Å². The summed E-state index contributed by atoms with van der Waals surface area (Å²) in [4.78, 5) is 1.71. The van der Waals surface area contributed by atoms with Gasteiger partial charge < -0.3 is 4.90 Å². The molecule has 5 nitrogen and oxygen atoms in total. The molecule has 0 atom stereocenters. The highest BCUT2D eigenvalue weighted by molar-refractivity contribution is 7.89. The normalized spacial score (nSPS) is 16.3. The Balaban J connectivity index is 1.69. The lowest BCUT2D eigenvalue weighted by Crippen LogP contribution is -3.13. The zero-order chi connectivity index (χ0) is 18.7. The molecule has 1 aliphatic rings. The van der Waals surface area contributed by atoms with E-state index in [9.17, 15) is 13.7 Å².